The maximum Gasteiger partial charge on any atom is 0.305 e. The Hall–Kier alpha value is -1.62. The van der Waals surface area contributed by atoms with Crippen LogP contribution in [0.4, 0.5) is 0 Å². The van der Waals surface area contributed by atoms with Gasteiger partial charge in [0.2, 0.25) is 5.91 Å². The van der Waals surface area contributed by atoms with Crippen LogP contribution in [-0.2, 0) is 14.3 Å². The highest BCUT2D eigenvalue weighted by atomic mass is 16.5. The summed E-state index contributed by atoms with van der Waals surface area (Å²) in [7, 11) is 1.40. The lowest BCUT2D eigenvalue weighted by atomic mass is 10.00. The van der Waals surface area contributed by atoms with Gasteiger partial charge < -0.3 is 14.7 Å². The first kappa shape index (κ1) is 22.4. The van der Waals surface area contributed by atoms with E-state index < -0.39 is 6.10 Å². The number of nitrogens with zero attached hydrogens (tertiary/aromatic N) is 1. The van der Waals surface area contributed by atoms with Crippen LogP contribution in [-0.4, -0.2) is 47.7 Å². The third kappa shape index (κ3) is 9.18. The van der Waals surface area contributed by atoms with Crippen LogP contribution >= 0.6 is 0 Å². The van der Waals surface area contributed by atoms with Crippen molar-refractivity contribution in [3.8, 4) is 0 Å². The summed E-state index contributed by atoms with van der Waals surface area (Å²) in [6, 6.07) is 0.0665. The predicted molar refractivity (Wildman–Crippen MR) is 104 cm³/mol. The van der Waals surface area contributed by atoms with Crippen molar-refractivity contribution in [2.75, 3.05) is 13.7 Å². The van der Waals surface area contributed by atoms with Gasteiger partial charge in [-0.3, -0.25) is 9.59 Å². The third-order valence-electron chi connectivity index (χ3n) is 4.72. The summed E-state index contributed by atoms with van der Waals surface area (Å²) in [4.78, 5) is 25.2. The molecular weight excluding hydrogens is 330 g/mol. The molecule has 0 aliphatic carbocycles. The van der Waals surface area contributed by atoms with E-state index in [0.29, 0.717) is 19.4 Å². The summed E-state index contributed by atoms with van der Waals surface area (Å²) < 4.78 is 4.61. The number of aliphatic hydroxyl groups is 1. The lowest BCUT2D eigenvalue weighted by Crippen LogP contribution is -2.42. The highest BCUT2D eigenvalue weighted by molar-refractivity contribution is 5.77. The molecule has 1 aliphatic heterocycles. The first-order valence-electron chi connectivity index (χ1n) is 9.96. The third-order valence-corrected chi connectivity index (χ3v) is 4.72. The molecule has 1 aliphatic rings. The number of amides is 1. The van der Waals surface area contributed by atoms with Gasteiger partial charge in [0, 0.05) is 19.4 Å². The molecule has 0 bridgehead atoms. The molecule has 2 atom stereocenters. The van der Waals surface area contributed by atoms with Crippen molar-refractivity contribution in [2.24, 2.45) is 0 Å². The summed E-state index contributed by atoms with van der Waals surface area (Å²) in [5.41, 5.74) is 0. The summed E-state index contributed by atoms with van der Waals surface area (Å²) >= 11 is 0. The second-order valence-electron chi connectivity index (χ2n) is 6.89. The van der Waals surface area contributed by atoms with Gasteiger partial charge in [0.15, 0.2) is 0 Å². The van der Waals surface area contributed by atoms with Crippen molar-refractivity contribution >= 4 is 11.9 Å². The number of piperidine rings is 1. The van der Waals surface area contributed by atoms with E-state index in [4.69, 9.17) is 0 Å². The zero-order chi connectivity index (χ0) is 19.2. The minimum absolute atomic E-state index is 0.0665. The average molecular weight is 366 g/mol. The fourth-order valence-corrected chi connectivity index (χ4v) is 3.11. The predicted octanol–water partition coefficient (Wildman–Crippen LogP) is 3.76. The number of allylic oxidation sites excluding steroid dienone is 1. The van der Waals surface area contributed by atoms with E-state index in [0.717, 1.165) is 51.4 Å². The maximum absolute atomic E-state index is 12.2. The van der Waals surface area contributed by atoms with Crippen molar-refractivity contribution in [1.82, 2.24) is 4.90 Å². The molecule has 5 nitrogen and oxygen atoms in total. The van der Waals surface area contributed by atoms with E-state index in [2.05, 4.69) is 11.7 Å². The zero-order valence-electron chi connectivity index (χ0n) is 16.4. The standard InChI is InChI=1S/C21H35NO4/c1-3-4-7-12-19(23)16-15-18-11-10-13-20(24)22(18)17-9-6-5-8-14-21(25)26-2/h6,9,15-16,18-19,23H,3-5,7-8,10-14,17H2,1-2H3/b9-6-,16-15+. The topological polar surface area (TPSA) is 66.8 Å². The number of hydrogen-bond donors (Lipinski definition) is 1. The number of rotatable bonds is 12. The van der Waals surface area contributed by atoms with Gasteiger partial charge in [-0.05, 0) is 32.1 Å². The molecule has 2 unspecified atom stereocenters. The molecule has 0 saturated carbocycles. The SMILES string of the molecule is CCCCCC(O)/C=C/C1CCCC(=O)N1C/C=C\CCCC(=O)OC. The van der Waals surface area contributed by atoms with Gasteiger partial charge in [-0.25, -0.2) is 0 Å². The average Bonchev–Trinajstić information content (AvgIpc) is 2.64. The molecule has 148 valence electrons. The van der Waals surface area contributed by atoms with E-state index in [1.54, 1.807) is 0 Å². The molecule has 1 heterocycles. The maximum atomic E-state index is 12.2. The van der Waals surface area contributed by atoms with Crippen LogP contribution in [0.2, 0.25) is 0 Å². The van der Waals surface area contributed by atoms with Gasteiger partial charge in [-0.15, -0.1) is 0 Å². The van der Waals surface area contributed by atoms with Crippen LogP contribution in [0.5, 0.6) is 0 Å². The van der Waals surface area contributed by atoms with E-state index in [9.17, 15) is 14.7 Å². The van der Waals surface area contributed by atoms with Crippen LogP contribution in [0.3, 0.4) is 0 Å². The molecule has 5 heteroatoms. The van der Waals surface area contributed by atoms with Gasteiger partial charge >= 0.3 is 5.97 Å². The van der Waals surface area contributed by atoms with Crippen LogP contribution in [0.15, 0.2) is 24.3 Å². The number of carbonyl (C=O) groups excluding carboxylic acids is 2. The molecule has 1 fully saturated rings. The van der Waals surface area contributed by atoms with Crippen molar-refractivity contribution in [2.45, 2.75) is 83.3 Å². The van der Waals surface area contributed by atoms with Crippen molar-refractivity contribution in [1.29, 1.82) is 0 Å². The molecule has 1 rings (SSSR count). The Morgan fingerprint density at radius 3 is 2.88 bits per heavy atom. The summed E-state index contributed by atoms with van der Waals surface area (Å²) in [5.74, 6) is -0.0158. The number of ether oxygens (including phenoxy) is 1. The fraction of sp³-hybridized carbons (Fsp3) is 0.714. The van der Waals surface area contributed by atoms with Crippen LogP contribution in [0.1, 0.15) is 71.1 Å². The number of esters is 1. The van der Waals surface area contributed by atoms with Gasteiger partial charge in [-0.1, -0.05) is 50.5 Å². The number of carbonyl (C=O) groups is 2. The highest BCUT2D eigenvalue weighted by Gasteiger charge is 2.25. The number of unbranched alkanes of at least 4 members (excludes halogenated alkanes) is 3. The molecular formula is C21H35NO4. The van der Waals surface area contributed by atoms with Gasteiger partial charge in [0.05, 0.1) is 19.3 Å². The Morgan fingerprint density at radius 2 is 2.15 bits per heavy atom. The molecule has 0 aromatic carbocycles. The summed E-state index contributed by atoms with van der Waals surface area (Å²) in [6.07, 6.45) is 16.0. The van der Waals surface area contributed by atoms with E-state index in [1.807, 2.05) is 29.2 Å². The van der Waals surface area contributed by atoms with E-state index >= 15 is 0 Å². The minimum Gasteiger partial charge on any atom is -0.469 e. The lowest BCUT2D eigenvalue weighted by molar-refractivity contribution is -0.140. The first-order chi connectivity index (χ1) is 12.6. The van der Waals surface area contributed by atoms with Gasteiger partial charge in [0.25, 0.3) is 0 Å². The van der Waals surface area contributed by atoms with Crippen LogP contribution < -0.4 is 0 Å². The van der Waals surface area contributed by atoms with Gasteiger partial charge in [-0.2, -0.15) is 0 Å². The van der Waals surface area contributed by atoms with Crippen molar-refractivity contribution in [3.63, 3.8) is 0 Å². The quantitative estimate of drug-likeness (QED) is 0.325. The Labute approximate surface area is 158 Å². The molecule has 0 aromatic heterocycles. The second-order valence-corrected chi connectivity index (χ2v) is 6.89. The highest BCUT2D eigenvalue weighted by Crippen LogP contribution is 2.20. The monoisotopic (exact) mass is 365 g/mol. The molecule has 26 heavy (non-hydrogen) atoms. The number of aliphatic hydroxyl groups excluding tert-OH is 1. The van der Waals surface area contributed by atoms with Crippen molar-refractivity contribution in [3.05, 3.63) is 24.3 Å². The summed E-state index contributed by atoms with van der Waals surface area (Å²) in [5, 5.41) is 10.1. The zero-order valence-corrected chi connectivity index (χ0v) is 16.4. The minimum atomic E-state index is -0.422. The lowest BCUT2D eigenvalue weighted by Gasteiger charge is -2.33. The van der Waals surface area contributed by atoms with Crippen LogP contribution in [0.25, 0.3) is 0 Å². The number of methoxy groups -OCH3 is 1. The number of hydrogen-bond acceptors (Lipinski definition) is 4. The Balaban J connectivity index is 2.43. The van der Waals surface area contributed by atoms with Crippen molar-refractivity contribution < 1.29 is 19.4 Å². The van der Waals surface area contributed by atoms with E-state index in [1.165, 1.54) is 7.11 Å². The Kier molecular flexibility index (Phi) is 11.7. The molecule has 0 spiro atoms. The molecule has 0 radical (unpaired) electrons. The van der Waals surface area contributed by atoms with Crippen LogP contribution in [0, 0.1) is 0 Å². The molecule has 1 saturated heterocycles. The summed E-state index contributed by atoms with van der Waals surface area (Å²) in [6.45, 7) is 2.73. The van der Waals surface area contributed by atoms with Gasteiger partial charge in [0.1, 0.15) is 0 Å². The largest absolute Gasteiger partial charge is 0.469 e. The molecule has 1 N–H and O–H groups in total. The molecule has 0 aromatic rings. The second kappa shape index (κ2) is 13.6. The number of likely N-dealkylation sites (tertiary alicyclic amines) is 1. The molecule has 1 amide bonds. The Morgan fingerprint density at radius 1 is 1.35 bits per heavy atom. The normalized spacial score (nSPS) is 19.4. The Bertz CT molecular complexity index is 473. The fourth-order valence-electron chi connectivity index (χ4n) is 3.11. The van der Waals surface area contributed by atoms with E-state index in [-0.39, 0.29) is 17.9 Å². The smallest absolute Gasteiger partial charge is 0.305 e. The first-order valence-corrected chi connectivity index (χ1v) is 9.96.